The van der Waals surface area contributed by atoms with Gasteiger partial charge in [-0.25, -0.2) is 0 Å². The Morgan fingerprint density at radius 3 is 2.58 bits per heavy atom. The minimum atomic E-state index is -0.605. The van der Waals surface area contributed by atoms with Gasteiger partial charge in [0.25, 0.3) is 0 Å². The highest BCUT2D eigenvalue weighted by Crippen LogP contribution is 2.31. The molecule has 1 aromatic carbocycles. The Balaban J connectivity index is 2.01. The number of nitrogen functional groups attached to an aromatic ring is 1. The smallest absolute Gasteiger partial charge is 0.143 e. The number of methoxy groups -OCH3 is 1. The average molecular weight is 264 g/mol. The van der Waals surface area contributed by atoms with E-state index in [-0.39, 0.29) is 0 Å². The van der Waals surface area contributed by atoms with Crippen LogP contribution in [0, 0.1) is 0 Å². The van der Waals surface area contributed by atoms with E-state index in [1.807, 2.05) is 18.2 Å². The predicted octanol–water partition coefficient (Wildman–Crippen LogP) is 2.77. The molecular formula is C15H24N2O2. The number of nitrogens with two attached hydrogens (primary N) is 1. The fourth-order valence-corrected chi connectivity index (χ4v) is 2.70. The van der Waals surface area contributed by atoms with Crippen molar-refractivity contribution in [3.63, 3.8) is 0 Å². The molecule has 2 rings (SSSR count). The Labute approximate surface area is 115 Å². The molecule has 1 aromatic rings. The lowest BCUT2D eigenvalue weighted by Crippen LogP contribution is -2.36. The molecule has 1 aliphatic carbocycles. The standard InChI is InChI=1S/C15H24N2O2/c1-19-13-8-6-7-12(14(13)16)17-11-15(18)9-4-2-3-5-10-15/h6-8,17-18H,2-5,9-11,16H2,1H3. The van der Waals surface area contributed by atoms with Crippen molar-refractivity contribution in [2.24, 2.45) is 0 Å². The van der Waals surface area contributed by atoms with Crippen LogP contribution in [0.5, 0.6) is 5.75 Å². The number of hydrogen-bond donors (Lipinski definition) is 3. The van der Waals surface area contributed by atoms with Gasteiger partial charge in [-0.2, -0.15) is 0 Å². The number of anilines is 2. The first kappa shape index (κ1) is 14.0. The summed E-state index contributed by atoms with van der Waals surface area (Å²) < 4.78 is 5.20. The second-order valence-corrected chi connectivity index (χ2v) is 5.41. The maximum Gasteiger partial charge on any atom is 0.143 e. The van der Waals surface area contributed by atoms with E-state index in [1.54, 1.807) is 7.11 Å². The lowest BCUT2D eigenvalue weighted by atomic mass is 9.94. The molecule has 0 radical (unpaired) electrons. The molecule has 1 fully saturated rings. The summed E-state index contributed by atoms with van der Waals surface area (Å²) in [7, 11) is 1.61. The maximum absolute atomic E-state index is 10.6. The molecule has 4 heteroatoms. The lowest BCUT2D eigenvalue weighted by Gasteiger charge is -2.27. The van der Waals surface area contributed by atoms with Gasteiger partial charge >= 0.3 is 0 Å². The maximum atomic E-state index is 10.6. The number of para-hydroxylation sites is 1. The van der Waals surface area contributed by atoms with Crippen molar-refractivity contribution in [2.45, 2.75) is 44.1 Å². The predicted molar refractivity (Wildman–Crippen MR) is 78.5 cm³/mol. The fraction of sp³-hybridized carbons (Fsp3) is 0.600. The van der Waals surface area contributed by atoms with Gasteiger partial charge < -0.3 is 20.9 Å². The number of benzene rings is 1. The lowest BCUT2D eigenvalue weighted by molar-refractivity contribution is 0.0381. The van der Waals surface area contributed by atoms with Gasteiger partial charge in [-0.05, 0) is 25.0 Å². The van der Waals surface area contributed by atoms with Crippen molar-refractivity contribution >= 4 is 11.4 Å². The molecule has 1 saturated carbocycles. The topological polar surface area (TPSA) is 67.5 Å². The molecule has 0 aromatic heterocycles. The van der Waals surface area contributed by atoms with E-state index in [2.05, 4.69) is 5.32 Å². The van der Waals surface area contributed by atoms with Crippen molar-refractivity contribution < 1.29 is 9.84 Å². The Bertz CT molecular complexity index is 413. The van der Waals surface area contributed by atoms with Crippen molar-refractivity contribution in [1.29, 1.82) is 0 Å². The summed E-state index contributed by atoms with van der Waals surface area (Å²) in [6, 6.07) is 5.65. The SMILES string of the molecule is COc1cccc(NCC2(O)CCCCCC2)c1N. The highest BCUT2D eigenvalue weighted by molar-refractivity contribution is 5.72. The Morgan fingerprint density at radius 1 is 1.26 bits per heavy atom. The number of nitrogens with one attached hydrogen (secondary N) is 1. The van der Waals surface area contributed by atoms with Crippen molar-refractivity contribution in [2.75, 3.05) is 24.7 Å². The van der Waals surface area contributed by atoms with E-state index in [9.17, 15) is 5.11 Å². The number of hydrogen-bond acceptors (Lipinski definition) is 4. The largest absolute Gasteiger partial charge is 0.495 e. The van der Waals surface area contributed by atoms with Crippen LogP contribution in [0.1, 0.15) is 38.5 Å². The summed E-state index contributed by atoms with van der Waals surface area (Å²) in [6.07, 6.45) is 6.39. The van der Waals surface area contributed by atoms with Gasteiger partial charge in [0.15, 0.2) is 0 Å². The van der Waals surface area contributed by atoms with E-state index in [0.717, 1.165) is 31.4 Å². The number of ether oxygens (including phenoxy) is 1. The summed E-state index contributed by atoms with van der Waals surface area (Å²) in [4.78, 5) is 0. The van der Waals surface area contributed by atoms with Crippen LogP contribution in [0.2, 0.25) is 0 Å². The van der Waals surface area contributed by atoms with Gasteiger partial charge in [-0.15, -0.1) is 0 Å². The van der Waals surface area contributed by atoms with Crippen LogP contribution in [-0.4, -0.2) is 24.4 Å². The van der Waals surface area contributed by atoms with Gasteiger partial charge in [-0.3, -0.25) is 0 Å². The normalized spacial score (nSPS) is 18.6. The van der Waals surface area contributed by atoms with Crippen LogP contribution >= 0.6 is 0 Å². The third-order valence-electron chi connectivity index (χ3n) is 3.93. The van der Waals surface area contributed by atoms with Crippen LogP contribution < -0.4 is 15.8 Å². The minimum absolute atomic E-state index is 0.546. The monoisotopic (exact) mass is 264 g/mol. The zero-order chi connectivity index (χ0) is 13.7. The fourth-order valence-electron chi connectivity index (χ4n) is 2.70. The number of rotatable bonds is 4. The van der Waals surface area contributed by atoms with E-state index in [0.29, 0.717) is 18.0 Å². The average Bonchev–Trinajstić information content (AvgIpc) is 2.63. The van der Waals surface area contributed by atoms with E-state index in [4.69, 9.17) is 10.5 Å². The van der Waals surface area contributed by atoms with Crippen LogP contribution in [0.3, 0.4) is 0 Å². The van der Waals surface area contributed by atoms with Crippen LogP contribution in [0.4, 0.5) is 11.4 Å². The summed E-state index contributed by atoms with van der Waals surface area (Å²) in [5.74, 6) is 0.665. The zero-order valence-corrected chi connectivity index (χ0v) is 11.6. The van der Waals surface area contributed by atoms with Crippen LogP contribution in [-0.2, 0) is 0 Å². The van der Waals surface area contributed by atoms with Crippen molar-refractivity contribution in [3.05, 3.63) is 18.2 Å². The summed E-state index contributed by atoms with van der Waals surface area (Å²) in [5, 5.41) is 13.9. The van der Waals surface area contributed by atoms with Gasteiger partial charge in [0.1, 0.15) is 5.75 Å². The van der Waals surface area contributed by atoms with Gasteiger partial charge in [0.2, 0.25) is 0 Å². The molecule has 4 N–H and O–H groups in total. The highest BCUT2D eigenvalue weighted by atomic mass is 16.5. The van der Waals surface area contributed by atoms with E-state index in [1.165, 1.54) is 12.8 Å². The molecule has 1 aliphatic rings. The van der Waals surface area contributed by atoms with Crippen molar-refractivity contribution in [3.8, 4) is 5.75 Å². The molecule has 106 valence electrons. The van der Waals surface area contributed by atoms with Gasteiger partial charge in [0.05, 0.1) is 24.1 Å². The molecule has 4 nitrogen and oxygen atoms in total. The first-order chi connectivity index (χ1) is 9.14. The first-order valence-corrected chi connectivity index (χ1v) is 7.03. The molecule has 0 atom stereocenters. The Morgan fingerprint density at radius 2 is 1.95 bits per heavy atom. The molecule has 0 heterocycles. The summed E-state index contributed by atoms with van der Waals surface area (Å²) in [6.45, 7) is 0.546. The van der Waals surface area contributed by atoms with E-state index >= 15 is 0 Å². The molecule has 0 saturated heterocycles. The molecule has 19 heavy (non-hydrogen) atoms. The van der Waals surface area contributed by atoms with Crippen LogP contribution in [0.15, 0.2) is 18.2 Å². The van der Waals surface area contributed by atoms with Crippen LogP contribution in [0.25, 0.3) is 0 Å². The summed E-state index contributed by atoms with van der Waals surface area (Å²) in [5.41, 5.74) is 6.84. The van der Waals surface area contributed by atoms with Crippen molar-refractivity contribution in [1.82, 2.24) is 0 Å². The minimum Gasteiger partial charge on any atom is -0.495 e. The molecule has 0 bridgehead atoms. The van der Waals surface area contributed by atoms with Gasteiger partial charge in [-0.1, -0.05) is 31.7 Å². The Hall–Kier alpha value is -1.42. The molecule has 0 unspecified atom stereocenters. The molecule has 0 amide bonds. The molecular weight excluding hydrogens is 240 g/mol. The first-order valence-electron chi connectivity index (χ1n) is 7.03. The summed E-state index contributed by atoms with van der Waals surface area (Å²) >= 11 is 0. The zero-order valence-electron chi connectivity index (χ0n) is 11.6. The third-order valence-corrected chi connectivity index (χ3v) is 3.93. The van der Waals surface area contributed by atoms with E-state index < -0.39 is 5.60 Å². The second-order valence-electron chi connectivity index (χ2n) is 5.41. The second kappa shape index (κ2) is 6.15. The Kier molecular flexibility index (Phi) is 4.53. The number of aliphatic hydroxyl groups is 1. The third kappa shape index (κ3) is 3.53. The quantitative estimate of drug-likeness (QED) is 0.578. The van der Waals surface area contributed by atoms with Gasteiger partial charge in [0, 0.05) is 6.54 Å². The molecule has 0 aliphatic heterocycles. The highest BCUT2D eigenvalue weighted by Gasteiger charge is 2.27. The molecule has 0 spiro atoms.